The van der Waals surface area contributed by atoms with Crippen LogP contribution in [0.15, 0.2) is 36.8 Å². The Kier molecular flexibility index (Phi) is 5.41. The number of nitrogens with zero attached hydrogens (tertiary/aromatic N) is 5. The van der Waals surface area contributed by atoms with Crippen molar-refractivity contribution in [3.8, 4) is 11.3 Å². The first-order chi connectivity index (χ1) is 16.6. The van der Waals surface area contributed by atoms with Crippen molar-refractivity contribution in [1.29, 1.82) is 0 Å². The molecule has 12 heteroatoms. The van der Waals surface area contributed by atoms with Gasteiger partial charge >= 0.3 is 12.2 Å². The SMILES string of the molecule is CC(NC(=O)N1CC[C@@]2(CCn3nc(-c4cnc(N)c(C(F)(F)F)c4)cc32)C1)c1ccncc1F. The quantitative estimate of drug-likeness (QED) is 0.544. The Balaban J connectivity index is 1.34. The number of aromatic nitrogens is 4. The van der Waals surface area contributed by atoms with E-state index in [9.17, 15) is 22.4 Å². The first-order valence-electron chi connectivity index (χ1n) is 11.1. The molecule has 0 aliphatic carbocycles. The highest BCUT2D eigenvalue weighted by Gasteiger charge is 2.47. The highest BCUT2D eigenvalue weighted by Crippen LogP contribution is 2.44. The second kappa shape index (κ2) is 8.21. The number of urea groups is 1. The van der Waals surface area contributed by atoms with Crippen LogP contribution in [0.25, 0.3) is 11.3 Å². The molecule has 0 radical (unpaired) electrons. The molecular weight excluding hydrogens is 466 g/mol. The van der Waals surface area contributed by atoms with Crippen molar-refractivity contribution in [2.75, 3.05) is 18.8 Å². The van der Waals surface area contributed by atoms with Gasteiger partial charge in [0.1, 0.15) is 11.6 Å². The van der Waals surface area contributed by atoms with Crippen molar-refractivity contribution in [1.82, 2.24) is 30.0 Å². The van der Waals surface area contributed by atoms with Gasteiger partial charge in [-0.15, -0.1) is 0 Å². The van der Waals surface area contributed by atoms with Gasteiger partial charge in [0.15, 0.2) is 0 Å². The van der Waals surface area contributed by atoms with E-state index in [1.165, 1.54) is 18.5 Å². The minimum atomic E-state index is -4.62. The molecule has 1 saturated heterocycles. The monoisotopic (exact) mass is 489 g/mol. The Bertz CT molecular complexity index is 1290. The van der Waals surface area contributed by atoms with Gasteiger partial charge in [-0.3, -0.25) is 9.67 Å². The highest BCUT2D eigenvalue weighted by molar-refractivity contribution is 5.75. The number of halogens is 4. The standard InChI is InChI=1S/C23H23F4N7O/c1-13(15-2-5-29-11-17(15)24)31-21(35)33-6-3-22(12-33)4-7-34-19(22)9-18(32-34)14-8-16(23(25,26)27)20(28)30-10-14/h2,5,8-11,13H,3-4,6-7,12H2,1H3,(H2,28,30)(H,31,35)/t13?,22-/m1/s1. The van der Waals surface area contributed by atoms with Crippen molar-refractivity contribution < 1.29 is 22.4 Å². The predicted molar refractivity (Wildman–Crippen MR) is 118 cm³/mol. The summed E-state index contributed by atoms with van der Waals surface area (Å²) in [5, 5.41) is 7.34. The molecule has 8 nitrogen and oxygen atoms in total. The molecule has 0 bridgehead atoms. The number of nitrogens with one attached hydrogen (secondary N) is 1. The molecule has 3 N–H and O–H groups in total. The van der Waals surface area contributed by atoms with Gasteiger partial charge in [-0.1, -0.05) is 0 Å². The van der Waals surface area contributed by atoms with Crippen LogP contribution in [0.5, 0.6) is 0 Å². The fourth-order valence-corrected chi connectivity index (χ4v) is 5.00. The Morgan fingerprint density at radius 1 is 1.23 bits per heavy atom. The Morgan fingerprint density at radius 2 is 2.00 bits per heavy atom. The van der Waals surface area contributed by atoms with E-state index in [-0.39, 0.29) is 17.0 Å². The average Bonchev–Trinajstić information content (AvgIpc) is 3.50. The van der Waals surface area contributed by atoms with Crippen LogP contribution in [0, 0.1) is 5.82 Å². The Hall–Kier alpha value is -3.70. The lowest BCUT2D eigenvalue weighted by Crippen LogP contribution is -2.41. The van der Waals surface area contributed by atoms with Crippen molar-refractivity contribution in [3.63, 3.8) is 0 Å². The van der Waals surface area contributed by atoms with Gasteiger partial charge in [-0.25, -0.2) is 14.2 Å². The topological polar surface area (TPSA) is 102 Å². The number of hydrogen-bond acceptors (Lipinski definition) is 5. The summed E-state index contributed by atoms with van der Waals surface area (Å²) < 4.78 is 55.6. The fourth-order valence-electron chi connectivity index (χ4n) is 5.00. The number of anilines is 1. The van der Waals surface area contributed by atoms with Gasteiger partial charge in [-0.2, -0.15) is 18.3 Å². The van der Waals surface area contributed by atoms with E-state index in [0.29, 0.717) is 37.3 Å². The number of aryl methyl sites for hydroxylation is 1. The number of carbonyl (C=O) groups is 1. The molecule has 184 valence electrons. The second-order valence-electron chi connectivity index (χ2n) is 9.06. The summed E-state index contributed by atoms with van der Waals surface area (Å²) in [6.45, 7) is 3.23. The summed E-state index contributed by atoms with van der Waals surface area (Å²) in [6, 6.07) is 3.42. The molecular formula is C23H23F4N7O. The van der Waals surface area contributed by atoms with Crippen molar-refractivity contribution >= 4 is 11.8 Å². The summed E-state index contributed by atoms with van der Waals surface area (Å²) in [5.41, 5.74) is 5.90. The fraction of sp³-hybridized carbons (Fsp3) is 0.391. The van der Waals surface area contributed by atoms with E-state index in [1.807, 2.05) is 0 Å². The number of likely N-dealkylation sites (tertiary alicyclic amines) is 1. The molecule has 2 atom stereocenters. The summed E-state index contributed by atoms with van der Waals surface area (Å²) >= 11 is 0. The number of amides is 2. The second-order valence-corrected chi connectivity index (χ2v) is 9.06. The smallest absolute Gasteiger partial charge is 0.383 e. The number of pyridine rings is 2. The summed E-state index contributed by atoms with van der Waals surface area (Å²) in [4.78, 5) is 22.0. The lowest BCUT2D eigenvalue weighted by Gasteiger charge is -2.25. The van der Waals surface area contributed by atoms with Gasteiger partial charge in [0.05, 0.1) is 23.5 Å². The van der Waals surface area contributed by atoms with Crippen LogP contribution < -0.4 is 11.1 Å². The van der Waals surface area contributed by atoms with E-state index in [1.54, 1.807) is 22.6 Å². The van der Waals surface area contributed by atoms with Crippen LogP contribution >= 0.6 is 0 Å². The van der Waals surface area contributed by atoms with Gasteiger partial charge in [0.25, 0.3) is 0 Å². The minimum absolute atomic E-state index is 0.226. The number of fused-ring (bicyclic) bond motifs is 2. The molecule has 2 amide bonds. The molecule has 0 saturated carbocycles. The molecule has 1 spiro atoms. The largest absolute Gasteiger partial charge is 0.419 e. The summed E-state index contributed by atoms with van der Waals surface area (Å²) in [6.07, 6.45) is 0.695. The lowest BCUT2D eigenvalue weighted by atomic mass is 9.82. The highest BCUT2D eigenvalue weighted by atomic mass is 19.4. The first-order valence-corrected chi connectivity index (χ1v) is 11.1. The maximum atomic E-state index is 14.0. The molecule has 2 aliphatic heterocycles. The van der Waals surface area contributed by atoms with Gasteiger partial charge in [0.2, 0.25) is 0 Å². The summed E-state index contributed by atoms with van der Waals surface area (Å²) in [7, 11) is 0. The molecule has 1 unspecified atom stereocenters. The maximum absolute atomic E-state index is 14.0. The zero-order valence-electron chi connectivity index (χ0n) is 18.8. The molecule has 1 fully saturated rings. The van der Waals surface area contributed by atoms with E-state index in [2.05, 4.69) is 20.4 Å². The van der Waals surface area contributed by atoms with Crippen LogP contribution in [0.1, 0.15) is 42.6 Å². The van der Waals surface area contributed by atoms with E-state index in [0.717, 1.165) is 24.4 Å². The Labute approximate surface area is 198 Å². The Morgan fingerprint density at radius 3 is 2.74 bits per heavy atom. The molecule has 35 heavy (non-hydrogen) atoms. The van der Waals surface area contributed by atoms with Crippen LogP contribution in [0.3, 0.4) is 0 Å². The zero-order valence-corrected chi connectivity index (χ0v) is 18.8. The van der Waals surface area contributed by atoms with Gasteiger partial charge in [-0.05, 0) is 38.0 Å². The van der Waals surface area contributed by atoms with E-state index < -0.39 is 29.4 Å². The molecule has 3 aromatic heterocycles. The van der Waals surface area contributed by atoms with Crippen LogP contribution in [0.4, 0.5) is 28.2 Å². The third-order valence-corrected chi connectivity index (χ3v) is 6.90. The van der Waals surface area contributed by atoms with Crippen LogP contribution in [0.2, 0.25) is 0 Å². The van der Waals surface area contributed by atoms with Crippen LogP contribution in [-0.2, 0) is 18.1 Å². The van der Waals surface area contributed by atoms with Crippen molar-refractivity contribution in [3.05, 3.63) is 59.4 Å². The van der Waals surface area contributed by atoms with E-state index >= 15 is 0 Å². The lowest BCUT2D eigenvalue weighted by molar-refractivity contribution is -0.137. The third-order valence-electron chi connectivity index (χ3n) is 6.90. The maximum Gasteiger partial charge on any atom is 0.419 e. The number of rotatable bonds is 3. The minimum Gasteiger partial charge on any atom is -0.383 e. The van der Waals surface area contributed by atoms with Crippen LogP contribution in [-0.4, -0.2) is 43.8 Å². The number of nitrogen functional groups attached to an aromatic ring is 1. The molecule has 0 aromatic carbocycles. The van der Waals surface area contributed by atoms with E-state index in [4.69, 9.17) is 5.73 Å². The number of nitrogens with two attached hydrogens (primary N) is 1. The van der Waals surface area contributed by atoms with Crippen molar-refractivity contribution in [2.24, 2.45) is 0 Å². The normalized spacial score (nSPS) is 20.3. The number of hydrogen-bond donors (Lipinski definition) is 2. The molecule has 2 aliphatic rings. The van der Waals surface area contributed by atoms with Gasteiger partial charge in [0, 0.05) is 54.3 Å². The molecule has 5 heterocycles. The van der Waals surface area contributed by atoms with Crippen molar-refractivity contribution in [2.45, 2.75) is 43.9 Å². The molecule has 5 rings (SSSR count). The van der Waals surface area contributed by atoms with Gasteiger partial charge < -0.3 is 16.0 Å². The summed E-state index contributed by atoms with van der Waals surface area (Å²) in [5.74, 6) is -1.07. The average molecular weight is 489 g/mol. The first kappa shape index (κ1) is 23.1. The zero-order chi connectivity index (χ0) is 25.0. The number of alkyl halides is 3. The predicted octanol–water partition coefficient (Wildman–Crippen LogP) is 3.90. The number of carbonyl (C=O) groups excluding carboxylic acids is 1. The molecule has 3 aromatic rings. The third kappa shape index (κ3) is 4.06.